The molecule has 136 valence electrons. The van der Waals surface area contributed by atoms with E-state index in [1.807, 2.05) is 38.1 Å². The zero-order chi connectivity index (χ0) is 19.4. The molecule has 0 spiro atoms. The lowest BCUT2D eigenvalue weighted by Gasteiger charge is -2.10. The van der Waals surface area contributed by atoms with Crippen LogP contribution >= 0.6 is 0 Å². The van der Waals surface area contributed by atoms with E-state index in [9.17, 15) is 9.59 Å². The zero-order valence-electron chi connectivity index (χ0n) is 15.8. The van der Waals surface area contributed by atoms with E-state index in [0.29, 0.717) is 12.1 Å². The van der Waals surface area contributed by atoms with Gasteiger partial charge in [-0.05, 0) is 38.5 Å². The first-order valence-electron chi connectivity index (χ1n) is 8.86. The summed E-state index contributed by atoms with van der Waals surface area (Å²) in [7, 11) is 0. The van der Waals surface area contributed by atoms with Crippen molar-refractivity contribution >= 4 is 5.78 Å². The minimum Gasteiger partial charge on any atom is -0.344 e. The Balaban J connectivity index is 1.88. The maximum absolute atomic E-state index is 12.9. The topological polar surface area (TPSA) is 44.0 Å². The highest BCUT2D eigenvalue weighted by atomic mass is 16.1. The molecule has 3 aromatic rings. The van der Waals surface area contributed by atoms with E-state index in [-0.39, 0.29) is 17.9 Å². The lowest BCUT2D eigenvalue weighted by Crippen LogP contribution is -2.23. The molecule has 4 nitrogen and oxygen atoms in total. The average Bonchev–Trinajstić information content (AvgIpc) is 2.94. The van der Waals surface area contributed by atoms with Gasteiger partial charge in [-0.1, -0.05) is 36.3 Å². The lowest BCUT2D eigenvalue weighted by molar-refractivity contribution is 0.0970. The summed E-state index contributed by atoms with van der Waals surface area (Å²) in [5.74, 6) is 5.64. The Bertz CT molecular complexity index is 1090. The van der Waals surface area contributed by atoms with Gasteiger partial charge in [0.25, 0.3) is 5.56 Å². The third kappa shape index (κ3) is 4.09. The van der Waals surface area contributed by atoms with Crippen LogP contribution in [-0.2, 0) is 13.1 Å². The number of Topliss-reactive ketones (excluding diaryl/α,β-unsaturated/α-hetero) is 1. The highest BCUT2D eigenvalue weighted by Gasteiger charge is 2.16. The molecule has 3 rings (SSSR count). The van der Waals surface area contributed by atoms with Crippen molar-refractivity contribution in [3.63, 3.8) is 0 Å². The number of pyridine rings is 1. The Morgan fingerprint density at radius 2 is 1.81 bits per heavy atom. The van der Waals surface area contributed by atoms with Gasteiger partial charge in [0.15, 0.2) is 5.78 Å². The first-order chi connectivity index (χ1) is 13.0. The van der Waals surface area contributed by atoms with E-state index in [1.54, 1.807) is 19.2 Å². The minimum atomic E-state index is -0.205. The van der Waals surface area contributed by atoms with Crippen molar-refractivity contribution in [2.24, 2.45) is 0 Å². The van der Waals surface area contributed by atoms with Gasteiger partial charge in [-0.25, -0.2) is 0 Å². The predicted molar refractivity (Wildman–Crippen MR) is 107 cm³/mol. The monoisotopic (exact) mass is 358 g/mol. The summed E-state index contributed by atoms with van der Waals surface area (Å²) < 4.78 is 3.55. The zero-order valence-corrected chi connectivity index (χ0v) is 15.8. The summed E-state index contributed by atoms with van der Waals surface area (Å²) in [6, 6.07) is 15.2. The second-order valence-corrected chi connectivity index (χ2v) is 6.54. The number of hydrogen-bond acceptors (Lipinski definition) is 2. The van der Waals surface area contributed by atoms with Crippen LogP contribution < -0.4 is 5.56 Å². The Labute approximate surface area is 159 Å². The quantitative estimate of drug-likeness (QED) is 0.517. The highest BCUT2D eigenvalue weighted by Crippen LogP contribution is 2.18. The van der Waals surface area contributed by atoms with Crippen LogP contribution in [0, 0.1) is 25.7 Å². The Morgan fingerprint density at radius 1 is 1.07 bits per heavy atom. The number of nitrogens with zero attached hydrogens (tertiary/aromatic N) is 2. The van der Waals surface area contributed by atoms with Gasteiger partial charge in [0.1, 0.15) is 0 Å². The molecule has 0 aliphatic heterocycles. The maximum atomic E-state index is 12.9. The van der Waals surface area contributed by atoms with Crippen LogP contribution in [0.1, 0.15) is 39.8 Å². The summed E-state index contributed by atoms with van der Waals surface area (Å²) >= 11 is 0. The number of carbonyl (C=O) groups excluding carboxylic acids is 1. The fourth-order valence-electron chi connectivity index (χ4n) is 3.21. The second-order valence-electron chi connectivity index (χ2n) is 6.54. The maximum Gasteiger partial charge on any atom is 0.251 e. The molecule has 2 aromatic heterocycles. The normalized spacial score (nSPS) is 10.3. The van der Waals surface area contributed by atoms with E-state index in [4.69, 9.17) is 0 Å². The number of hydrogen-bond donors (Lipinski definition) is 0. The Morgan fingerprint density at radius 3 is 2.52 bits per heavy atom. The molecule has 1 aromatic carbocycles. The van der Waals surface area contributed by atoms with Gasteiger partial charge in [0, 0.05) is 41.3 Å². The van der Waals surface area contributed by atoms with E-state index in [2.05, 4.69) is 28.5 Å². The van der Waals surface area contributed by atoms with Crippen LogP contribution in [-0.4, -0.2) is 14.9 Å². The molecule has 0 bridgehead atoms. The smallest absolute Gasteiger partial charge is 0.251 e. The van der Waals surface area contributed by atoms with E-state index >= 15 is 0 Å². The molecule has 0 N–H and O–H groups in total. The summed E-state index contributed by atoms with van der Waals surface area (Å²) in [5.41, 5.74) is 4.29. The van der Waals surface area contributed by atoms with Crippen molar-refractivity contribution < 1.29 is 4.79 Å². The molecule has 0 radical (unpaired) electrons. The molecule has 4 heteroatoms. The van der Waals surface area contributed by atoms with E-state index in [1.165, 1.54) is 16.2 Å². The summed E-state index contributed by atoms with van der Waals surface area (Å²) in [6.07, 6.45) is 1.64. The van der Waals surface area contributed by atoms with Gasteiger partial charge >= 0.3 is 0 Å². The number of aryl methyl sites for hydroxylation is 1. The molecule has 0 fully saturated rings. The predicted octanol–water partition coefficient (Wildman–Crippen LogP) is 3.57. The summed E-state index contributed by atoms with van der Waals surface area (Å²) in [5, 5.41) is 0. The lowest BCUT2D eigenvalue weighted by atomic mass is 10.1. The second kappa shape index (κ2) is 7.92. The van der Waals surface area contributed by atoms with Gasteiger partial charge < -0.3 is 9.13 Å². The number of rotatable bonds is 5. The number of ketones is 1. The van der Waals surface area contributed by atoms with Crippen molar-refractivity contribution in [3.05, 3.63) is 93.2 Å². The fourth-order valence-corrected chi connectivity index (χ4v) is 3.21. The molecule has 0 amide bonds. The molecular formula is C23H22N2O2. The SMILES string of the molecule is CC#Cc1ccc(=O)n(CC(=O)c2cc(C)n(Cc3ccccc3)c2C)c1. The van der Waals surface area contributed by atoms with Crippen LogP contribution in [0.4, 0.5) is 0 Å². The largest absolute Gasteiger partial charge is 0.344 e. The van der Waals surface area contributed by atoms with Gasteiger partial charge in [0.2, 0.25) is 0 Å². The van der Waals surface area contributed by atoms with Crippen LogP contribution in [0.3, 0.4) is 0 Å². The van der Waals surface area contributed by atoms with Crippen LogP contribution in [0.15, 0.2) is 59.5 Å². The van der Waals surface area contributed by atoms with E-state index < -0.39 is 0 Å². The molecule has 0 aliphatic rings. The Kier molecular flexibility index (Phi) is 5.42. The van der Waals surface area contributed by atoms with E-state index in [0.717, 1.165) is 17.0 Å². The van der Waals surface area contributed by atoms with Gasteiger partial charge in [0.05, 0.1) is 6.54 Å². The van der Waals surface area contributed by atoms with Crippen LogP contribution in [0.25, 0.3) is 0 Å². The molecule has 0 saturated heterocycles. The van der Waals surface area contributed by atoms with Gasteiger partial charge in [-0.3, -0.25) is 9.59 Å². The van der Waals surface area contributed by atoms with Gasteiger partial charge in [-0.2, -0.15) is 0 Å². The van der Waals surface area contributed by atoms with Crippen molar-refractivity contribution in [2.45, 2.75) is 33.9 Å². The third-order valence-corrected chi connectivity index (χ3v) is 4.62. The number of carbonyl (C=O) groups is 1. The van der Waals surface area contributed by atoms with Crippen molar-refractivity contribution in [3.8, 4) is 11.8 Å². The Hall–Kier alpha value is -3.32. The molecule has 2 heterocycles. The molecule has 27 heavy (non-hydrogen) atoms. The highest BCUT2D eigenvalue weighted by molar-refractivity contribution is 5.97. The van der Waals surface area contributed by atoms with Crippen molar-refractivity contribution in [2.75, 3.05) is 0 Å². The third-order valence-electron chi connectivity index (χ3n) is 4.62. The first kappa shape index (κ1) is 18.5. The number of benzene rings is 1. The van der Waals surface area contributed by atoms with Crippen LogP contribution in [0.5, 0.6) is 0 Å². The van der Waals surface area contributed by atoms with Crippen LogP contribution in [0.2, 0.25) is 0 Å². The number of aromatic nitrogens is 2. The first-order valence-corrected chi connectivity index (χ1v) is 8.86. The summed E-state index contributed by atoms with van der Waals surface area (Å²) in [4.78, 5) is 25.0. The fraction of sp³-hybridized carbons (Fsp3) is 0.217. The molecular weight excluding hydrogens is 336 g/mol. The minimum absolute atomic E-state index is 0.00764. The van der Waals surface area contributed by atoms with Crippen molar-refractivity contribution in [1.29, 1.82) is 0 Å². The molecule has 0 atom stereocenters. The standard InChI is InChI=1S/C23H22N2O2/c1-4-8-19-11-12-23(27)24(14-19)16-22(26)21-13-17(2)25(18(21)3)15-20-9-6-5-7-10-20/h5-7,9-14H,15-16H2,1-3H3. The molecule has 0 aliphatic carbocycles. The van der Waals surface area contributed by atoms with Crippen molar-refractivity contribution in [1.82, 2.24) is 9.13 Å². The summed E-state index contributed by atoms with van der Waals surface area (Å²) in [6.45, 7) is 6.41. The molecule has 0 unspecified atom stereocenters. The molecule has 0 saturated carbocycles. The van der Waals surface area contributed by atoms with Gasteiger partial charge in [-0.15, -0.1) is 5.92 Å². The average molecular weight is 358 g/mol.